The lowest BCUT2D eigenvalue weighted by molar-refractivity contribution is 0.414. The molecule has 0 unspecified atom stereocenters. The van der Waals surface area contributed by atoms with Gasteiger partial charge in [-0.15, -0.1) is 17.7 Å². The average Bonchev–Trinajstić information content (AvgIpc) is 2.65. The third-order valence-corrected chi connectivity index (χ3v) is 2.15. The van der Waals surface area contributed by atoms with Gasteiger partial charge in [0.25, 0.3) is 0 Å². The van der Waals surface area contributed by atoms with Gasteiger partial charge in [0, 0.05) is 0 Å². The molecule has 0 aliphatic carbocycles. The van der Waals surface area contributed by atoms with E-state index in [2.05, 4.69) is 22.9 Å². The fraction of sp³-hybridized carbons (Fsp3) is 0.111. The topological polar surface area (TPSA) is 39.9 Å². The second-order valence-electron chi connectivity index (χ2n) is 2.70. The fourth-order valence-electron chi connectivity index (χ4n) is 1.14. The second kappa shape index (κ2) is 3.71. The molecule has 0 saturated carbocycles. The summed E-state index contributed by atoms with van der Waals surface area (Å²) < 4.78 is 6.69. The highest BCUT2D eigenvalue weighted by Crippen LogP contribution is 2.16. The highest BCUT2D eigenvalue weighted by molar-refractivity contribution is 7.80. The molecule has 72 valence electrons. The molecule has 1 aromatic carbocycles. The van der Waals surface area contributed by atoms with Crippen molar-refractivity contribution in [2.24, 2.45) is 0 Å². The molecule has 0 atom stereocenters. The van der Waals surface area contributed by atoms with Crippen molar-refractivity contribution in [2.75, 3.05) is 7.11 Å². The molecule has 1 heterocycles. The van der Waals surface area contributed by atoms with Crippen LogP contribution in [-0.2, 0) is 0 Å². The first-order chi connectivity index (χ1) is 6.81. The third kappa shape index (κ3) is 1.58. The summed E-state index contributed by atoms with van der Waals surface area (Å²) in [4.78, 5) is 0. The molecule has 5 heteroatoms. The predicted octanol–water partition coefficient (Wildman–Crippen LogP) is 1.56. The first kappa shape index (κ1) is 9.08. The summed E-state index contributed by atoms with van der Waals surface area (Å²) in [5.74, 6) is 0.814. The fourth-order valence-corrected chi connectivity index (χ4v) is 1.34. The van der Waals surface area contributed by atoms with Crippen LogP contribution in [-0.4, -0.2) is 22.1 Å². The van der Waals surface area contributed by atoms with E-state index in [-0.39, 0.29) is 0 Å². The SMILES string of the molecule is COc1ccc(-n2nncc2S)cc1. The maximum absolute atomic E-state index is 5.05. The van der Waals surface area contributed by atoms with Crippen LogP contribution in [0.3, 0.4) is 0 Å². The summed E-state index contributed by atoms with van der Waals surface area (Å²) in [5, 5.41) is 8.34. The Kier molecular flexibility index (Phi) is 2.41. The largest absolute Gasteiger partial charge is 0.497 e. The van der Waals surface area contributed by atoms with Crippen LogP contribution < -0.4 is 4.74 Å². The van der Waals surface area contributed by atoms with Gasteiger partial charge in [-0.1, -0.05) is 5.21 Å². The first-order valence-electron chi connectivity index (χ1n) is 4.05. The van der Waals surface area contributed by atoms with Gasteiger partial charge in [0.15, 0.2) is 0 Å². The molecule has 14 heavy (non-hydrogen) atoms. The van der Waals surface area contributed by atoms with E-state index < -0.39 is 0 Å². The van der Waals surface area contributed by atoms with Crippen molar-refractivity contribution in [1.29, 1.82) is 0 Å². The maximum atomic E-state index is 5.05. The van der Waals surface area contributed by atoms with E-state index in [0.29, 0.717) is 5.03 Å². The van der Waals surface area contributed by atoms with Gasteiger partial charge in [-0.2, -0.15) is 0 Å². The normalized spacial score (nSPS) is 10.1. The van der Waals surface area contributed by atoms with E-state index in [0.717, 1.165) is 11.4 Å². The number of nitrogens with zero attached hydrogens (tertiary/aromatic N) is 3. The standard InChI is InChI=1S/C9H9N3OS/c1-13-8-4-2-7(3-5-8)12-9(14)6-10-11-12/h2-6,14H,1H3. The molecule has 0 bridgehead atoms. The number of methoxy groups -OCH3 is 1. The van der Waals surface area contributed by atoms with Gasteiger partial charge in [-0.3, -0.25) is 0 Å². The molecule has 0 radical (unpaired) electrons. The van der Waals surface area contributed by atoms with Crippen LogP contribution in [0.1, 0.15) is 0 Å². The van der Waals surface area contributed by atoms with Crippen molar-refractivity contribution in [3.8, 4) is 11.4 Å². The molecule has 0 aliphatic heterocycles. The van der Waals surface area contributed by atoms with Crippen molar-refractivity contribution in [2.45, 2.75) is 5.03 Å². The van der Waals surface area contributed by atoms with Crippen LogP contribution in [0.25, 0.3) is 5.69 Å². The Morgan fingerprint density at radius 2 is 2.00 bits per heavy atom. The summed E-state index contributed by atoms with van der Waals surface area (Å²) in [5.41, 5.74) is 0.910. The van der Waals surface area contributed by atoms with Gasteiger partial charge < -0.3 is 4.74 Å². The number of aromatic nitrogens is 3. The predicted molar refractivity (Wildman–Crippen MR) is 55.2 cm³/mol. The van der Waals surface area contributed by atoms with Gasteiger partial charge in [0.05, 0.1) is 19.0 Å². The molecule has 0 fully saturated rings. The first-order valence-corrected chi connectivity index (χ1v) is 4.50. The molecule has 0 spiro atoms. The number of ether oxygens (including phenoxy) is 1. The molecule has 2 rings (SSSR count). The number of hydrogen-bond donors (Lipinski definition) is 1. The Balaban J connectivity index is 2.39. The summed E-state index contributed by atoms with van der Waals surface area (Å²) in [6, 6.07) is 7.52. The summed E-state index contributed by atoms with van der Waals surface area (Å²) in [6.07, 6.45) is 1.59. The van der Waals surface area contributed by atoms with Crippen LogP contribution in [0.2, 0.25) is 0 Å². The van der Waals surface area contributed by atoms with Crippen LogP contribution in [0.5, 0.6) is 5.75 Å². The van der Waals surface area contributed by atoms with Crippen molar-refractivity contribution >= 4 is 12.6 Å². The van der Waals surface area contributed by atoms with Crippen LogP contribution in [0.4, 0.5) is 0 Å². The Morgan fingerprint density at radius 3 is 2.50 bits per heavy atom. The monoisotopic (exact) mass is 207 g/mol. The molecule has 0 amide bonds. The van der Waals surface area contributed by atoms with Crippen molar-refractivity contribution in [3.05, 3.63) is 30.5 Å². The Bertz CT molecular complexity index is 424. The molecule has 0 aliphatic rings. The number of hydrogen-bond acceptors (Lipinski definition) is 4. The molecular weight excluding hydrogens is 198 g/mol. The molecule has 0 N–H and O–H groups in total. The number of rotatable bonds is 2. The highest BCUT2D eigenvalue weighted by atomic mass is 32.1. The minimum absolute atomic E-state index is 0.704. The molecular formula is C9H9N3OS. The highest BCUT2D eigenvalue weighted by Gasteiger charge is 2.01. The zero-order valence-corrected chi connectivity index (χ0v) is 8.48. The Morgan fingerprint density at radius 1 is 1.29 bits per heavy atom. The minimum Gasteiger partial charge on any atom is -0.497 e. The van der Waals surface area contributed by atoms with Crippen molar-refractivity contribution < 1.29 is 4.74 Å². The zero-order chi connectivity index (χ0) is 9.97. The van der Waals surface area contributed by atoms with E-state index in [9.17, 15) is 0 Å². The molecule has 0 saturated heterocycles. The zero-order valence-electron chi connectivity index (χ0n) is 7.58. The van der Waals surface area contributed by atoms with Gasteiger partial charge in [0.1, 0.15) is 10.8 Å². The van der Waals surface area contributed by atoms with E-state index in [1.54, 1.807) is 18.0 Å². The summed E-state index contributed by atoms with van der Waals surface area (Å²) >= 11 is 4.22. The van der Waals surface area contributed by atoms with E-state index >= 15 is 0 Å². The van der Waals surface area contributed by atoms with E-state index in [1.807, 2.05) is 24.3 Å². The molecule has 1 aromatic heterocycles. The lowest BCUT2D eigenvalue weighted by Crippen LogP contribution is -1.96. The van der Waals surface area contributed by atoms with Crippen molar-refractivity contribution in [1.82, 2.24) is 15.0 Å². The lowest BCUT2D eigenvalue weighted by Gasteiger charge is -2.03. The van der Waals surface area contributed by atoms with Gasteiger partial charge in [-0.05, 0) is 24.3 Å². The molecule has 4 nitrogen and oxygen atoms in total. The van der Waals surface area contributed by atoms with Gasteiger partial charge >= 0.3 is 0 Å². The minimum atomic E-state index is 0.704. The summed E-state index contributed by atoms with van der Waals surface area (Å²) in [6.45, 7) is 0. The van der Waals surface area contributed by atoms with Crippen LogP contribution in [0.15, 0.2) is 35.5 Å². The number of benzene rings is 1. The Labute approximate surface area is 86.9 Å². The van der Waals surface area contributed by atoms with Crippen LogP contribution >= 0.6 is 12.6 Å². The smallest absolute Gasteiger partial charge is 0.119 e. The van der Waals surface area contributed by atoms with Gasteiger partial charge in [0.2, 0.25) is 0 Å². The maximum Gasteiger partial charge on any atom is 0.119 e. The summed E-state index contributed by atoms with van der Waals surface area (Å²) in [7, 11) is 1.63. The Hall–Kier alpha value is -1.49. The average molecular weight is 207 g/mol. The van der Waals surface area contributed by atoms with E-state index in [4.69, 9.17) is 4.74 Å². The van der Waals surface area contributed by atoms with Crippen molar-refractivity contribution in [3.63, 3.8) is 0 Å². The van der Waals surface area contributed by atoms with E-state index in [1.165, 1.54) is 0 Å². The second-order valence-corrected chi connectivity index (χ2v) is 3.16. The lowest BCUT2D eigenvalue weighted by atomic mass is 10.3. The molecule has 2 aromatic rings. The third-order valence-electron chi connectivity index (χ3n) is 1.85. The quantitative estimate of drug-likeness (QED) is 0.760. The van der Waals surface area contributed by atoms with Gasteiger partial charge in [-0.25, -0.2) is 4.68 Å². The number of thiol groups is 1. The van der Waals surface area contributed by atoms with Crippen LogP contribution in [0, 0.1) is 0 Å².